The summed E-state index contributed by atoms with van der Waals surface area (Å²) in [6, 6.07) is 9.24. The molecule has 0 radical (unpaired) electrons. The van der Waals surface area contributed by atoms with Crippen LogP contribution in [0.1, 0.15) is 65.3 Å². The molecular formula is C31H50N2O7Si2. The van der Waals surface area contributed by atoms with Crippen molar-refractivity contribution in [1.29, 1.82) is 0 Å². The third-order valence-corrected chi connectivity index (χ3v) is 18.0. The van der Waals surface area contributed by atoms with Crippen LogP contribution >= 0.6 is 0 Å². The van der Waals surface area contributed by atoms with E-state index in [9.17, 15) is 14.4 Å². The Morgan fingerprint density at radius 3 is 2.14 bits per heavy atom. The number of rotatable bonds is 10. The maximum atomic E-state index is 13.8. The minimum Gasteiger partial charge on any atom is -0.459 e. The number of carbonyl (C=O) groups excluding carboxylic acids is 1. The van der Waals surface area contributed by atoms with Gasteiger partial charge in [0, 0.05) is 18.2 Å². The van der Waals surface area contributed by atoms with Gasteiger partial charge in [0.25, 0.3) is 5.56 Å². The quantitative estimate of drug-likeness (QED) is 0.247. The molecular weight excluding hydrogens is 569 g/mol. The van der Waals surface area contributed by atoms with E-state index in [4.69, 9.17) is 18.3 Å². The molecule has 3 unspecified atom stereocenters. The maximum Gasteiger partial charge on any atom is 0.333 e. The maximum absolute atomic E-state index is 13.8. The number of carbonyl (C=O) groups is 1. The van der Waals surface area contributed by atoms with E-state index in [1.165, 1.54) is 10.8 Å². The monoisotopic (exact) mass is 618 g/mol. The van der Waals surface area contributed by atoms with Gasteiger partial charge in [-0.2, -0.15) is 0 Å². The molecule has 3 atom stereocenters. The van der Waals surface area contributed by atoms with Gasteiger partial charge in [-0.25, -0.2) is 9.36 Å². The average Bonchev–Trinajstić information content (AvgIpc) is 3.27. The summed E-state index contributed by atoms with van der Waals surface area (Å²) in [5.41, 5.74) is -0.0375. The summed E-state index contributed by atoms with van der Waals surface area (Å²) in [6.45, 7) is 23.4. The van der Waals surface area contributed by atoms with Gasteiger partial charge in [0.2, 0.25) is 0 Å². The zero-order chi connectivity index (χ0) is 31.7. The van der Waals surface area contributed by atoms with Gasteiger partial charge in [-0.1, -0.05) is 71.9 Å². The molecule has 1 aliphatic rings. The Labute approximate surface area is 252 Å². The molecule has 1 aromatic heterocycles. The molecule has 0 spiro atoms. The molecule has 0 amide bonds. The lowest BCUT2D eigenvalue weighted by Crippen LogP contribution is -2.48. The molecule has 1 aromatic carbocycles. The summed E-state index contributed by atoms with van der Waals surface area (Å²) in [6.07, 6.45) is 0.579. The number of ether oxygens (including phenoxy) is 2. The van der Waals surface area contributed by atoms with Crippen molar-refractivity contribution < 1.29 is 23.1 Å². The highest BCUT2D eigenvalue weighted by molar-refractivity contribution is 6.74. The van der Waals surface area contributed by atoms with Gasteiger partial charge in [0.05, 0.1) is 18.8 Å². The van der Waals surface area contributed by atoms with Gasteiger partial charge in [0.15, 0.2) is 22.9 Å². The Hall–Kier alpha value is -2.32. The third kappa shape index (κ3) is 7.99. The lowest BCUT2D eigenvalue weighted by atomic mass is 10.2. The Bertz CT molecular complexity index is 1350. The highest BCUT2D eigenvalue weighted by Gasteiger charge is 2.47. The standard InChI is InChI=1S/C31H50N2O7Si2/c1-22-18-33(29(36)32(27(22)35)19-26(34)37-20-23-15-13-12-14-16-23)28-25(40-42(10,11)31(5,6)7)17-24(39-28)21-38-41(8,9)30(2,3)4/h12-16,18,24-25,28H,17,19-21H2,1-11H3. The molecule has 2 heterocycles. The van der Waals surface area contributed by atoms with Crippen LogP contribution in [0.15, 0.2) is 46.1 Å². The van der Waals surface area contributed by atoms with Crippen LogP contribution in [0, 0.1) is 6.92 Å². The van der Waals surface area contributed by atoms with E-state index < -0.39 is 52.7 Å². The summed E-state index contributed by atoms with van der Waals surface area (Å²) in [7, 11) is -4.30. The van der Waals surface area contributed by atoms with Crippen LogP contribution in [-0.2, 0) is 36.3 Å². The van der Waals surface area contributed by atoms with Crippen LogP contribution in [0.4, 0.5) is 0 Å². The normalized spacial score (nSPS) is 20.1. The molecule has 1 saturated heterocycles. The Kier molecular flexibility index (Phi) is 10.4. The first-order chi connectivity index (χ1) is 19.2. The van der Waals surface area contributed by atoms with Crippen molar-refractivity contribution in [3.8, 4) is 0 Å². The first-order valence-corrected chi connectivity index (χ1v) is 20.5. The minimum atomic E-state index is -2.26. The van der Waals surface area contributed by atoms with Crippen molar-refractivity contribution in [3.05, 3.63) is 68.5 Å². The van der Waals surface area contributed by atoms with E-state index in [0.717, 1.165) is 10.1 Å². The molecule has 11 heteroatoms. The molecule has 9 nitrogen and oxygen atoms in total. The minimum absolute atomic E-state index is 0.0424. The van der Waals surface area contributed by atoms with Crippen molar-refractivity contribution in [2.45, 2.75) is 123 Å². The van der Waals surface area contributed by atoms with Crippen LogP contribution in [0.5, 0.6) is 0 Å². The molecule has 0 aliphatic carbocycles. The van der Waals surface area contributed by atoms with Crippen molar-refractivity contribution in [1.82, 2.24) is 9.13 Å². The summed E-state index contributed by atoms with van der Waals surface area (Å²) >= 11 is 0. The van der Waals surface area contributed by atoms with E-state index in [-0.39, 0.29) is 22.8 Å². The topological polar surface area (TPSA) is 98.0 Å². The number of hydrogen-bond acceptors (Lipinski definition) is 7. The third-order valence-electron chi connectivity index (χ3n) is 9.00. The fourth-order valence-corrected chi connectivity index (χ4v) is 6.60. The van der Waals surface area contributed by atoms with Crippen molar-refractivity contribution in [3.63, 3.8) is 0 Å². The largest absolute Gasteiger partial charge is 0.459 e. The molecule has 1 aliphatic heterocycles. The van der Waals surface area contributed by atoms with E-state index >= 15 is 0 Å². The first-order valence-electron chi connectivity index (χ1n) is 14.7. The predicted molar refractivity (Wildman–Crippen MR) is 170 cm³/mol. The van der Waals surface area contributed by atoms with E-state index in [0.29, 0.717) is 18.6 Å². The molecule has 42 heavy (non-hydrogen) atoms. The van der Waals surface area contributed by atoms with Gasteiger partial charge in [-0.15, -0.1) is 0 Å². The smallest absolute Gasteiger partial charge is 0.333 e. The second kappa shape index (κ2) is 12.7. The zero-order valence-corrected chi connectivity index (χ0v) is 29.3. The highest BCUT2D eigenvalue weighted by Crippen LogP contribution is 2.42. The van der Waals surface area contributed by atoms with Crippen molar-refractivity contribution in [2.24, 2.45) is 0 Å². The Morgan fingerprint density at radius 1 is 0.976 bits per heavy atom. The summed E-state index contributed by atoms with van der Waals surface area (Å²) < 4.78 is 27.5. The fraction of sp³-hybridized carbons (Fsp3) is 0.645. The lowest BCUT2D eigenvalue weighted by molar-refractivity contribution is -0.145. The van der Waals surface area contributed by atoms with Gasteiger partial charge < -0.3 is 18.3 Å². The van der Waals surface area contributed by atoms with Gasteiger partial charge in [0.1, 0.15) is 13.2 Å². The number of esters is 1. The fourth-order valence-electron chi connectivity index (χ4n) is 4.24. The van der Waals surface area contributed by atoms with Gasteiger partial charge in [-0.05, 0) is 48.8 Å². The molecule has 1 fully saturated rings. The second-order valence-electron chi connectivity index (χ2n) is 14.4. The molecule has 0 N–H and O–H groups in total. The number of hydrogen-bond donors (Lipinski definition) is 0. The number of aromatic nitrogens is 2. The van der Waals surface area contributed by atoms with Gasteiger partial charge in [-0.3, -0.25) is 14.2 Å². The second-order valence-corrected chi connectivity index (χ2v) is 24.0. The molecule has 3 rings (SSSR count). The zero-order valence-electron chi connectivity index (χ0n) is 27.3. The van der Waals surface area contributed by atoms with E-state index in [1.54, 1.807) is 6.92 Å². The van der Waals surface area contributed by atoms with Crippen molar-refractivity contribution in [2.75, 3.05) is 6.61 Å². The van der Waals surface area contributed by atoms with Crippen LogP contribution in [0.3, 0.4) is 0 Å². The van der Waals surface area contributed by atoms with Gasteiger partial charge >= 0.3 is 11.7 Å². The Morgan fingerprint density at radius 2 is 1.57 bits per heavy atom. The van der Waals surface area contributed by atoms with Crippen LogP contribution in [0.25, 0.3) is 0 Å². The highest BCUT2D eigenvalue weighted by atomic mass is 28.4. The SMILES string of the molecule is Cc1cn(C2OC(CO[Si](C)(C)C(C)(C)C)CC2O[Si](C)(C)C(C)(C)C)c(=O)n(CC(=O)OCc2ccccc2)c1=O. The summed E-state index contributed by atoms with van der Waals surface area (Å²) in [4.78, 5) is 39.5. The molecule has 0 saturated carbocycles. The average molecular weight is 619 g/mol. The Balaban J connectivity index is 1.92. The molecule has 234 valence electrons. The molecule has 2 aromatic rings. The molecule has 0 bridgehead atoms. The summed E-state index contributed by atoms with van der Waals surface area (Å²) in [5, 5.41) is -0.0177. The van der Waals surface area contributed by atoms with E-state index in [1.807, 2.05) is 30.3 Å². The first kappa shape index (κ1) is 34.2. The number of nitrogens with zero attached hydrogens (tertiary/aromatic N) is 2. The van der Waals surface area contributed by atoms with Crippen LogP contribution in [-0.4, -0.2) is 50.6 Å². The summed E-state index contributed by atoms with van der Waals surface area (Å²) in [5.74, 6) is -0.669. The van der Waals surface area contributed by atoms with Crippen molar-refractivity contribution >= 4 is 22.6 Å². The number of aryl methyl sites for hydroxylation is 1. The van der Waals surface area contributed by atoms with E-state index in [2.05, 4.69) is 67.7 Å². The predicted octanol–water partition coefficient (Wildman–Crippen LogP) is 5.76. The number of benzene rings is 1. The van der Waals surface area contributed by atoms with Crippen LogP contribution in [0.2, 0.25) is 36.3 Å². The van der Waals surface area contributed by atoms with Crippen LogP contribution < -0.4 is 11.2 Å². The lowest BCUT2D eigenvalue weighted by Gasteiger charge is -2.39.